The molecule has 1 aliphatic heterocycles. The predicted molar refractivity (Wildman–Crippen MR) is 128 cm³/mol. The largest absolute Gasteiger partial charge is 0.350 e. The lowest BCUT2D eigenvalue weighted by molar-refractivity contribution is -0.384. The van der Waals surface area contributed by atoms with E-state index in [4.69, 9.17) is 11.6 Å². The third-order valence-electron chi connectivity index (χ3n) is 4.95. The van der Waals surface area contributed by atoms with Crippen LogP contribution in [0.4, 0.5) is 10.5 Å². The van der Waals surface area contributed by atoms with Gasteiger partial charge >= 0.3 is 0 Å². The molecular weight excluding hydrogens is 484 g/mol. The van der Waals surface area contributed by atoms with Crippen molar-refractivity contribution >= 4 is 63.1 Å². The van der Waals surface area contributed by atoms with Crippen LogP contribution in [0.5, 0.6) is 0 Å². The lowest BCUT2D eigenvalue weighted by Crippen LogP contribution is -2.37. The number of imide groups is 1. The van der Waals surface area contributed by atoms with E-state index in [1.54, 1.807) is 24.3 Å². The molecule has 1 fully saturated rings. The summed E-state index contributed by atoms with van der Waals surface area (Å²) >= 11 is 6.49. The summed E-state index contributed by atoms with van der Waals surface area (Å²) in [6.45, 7) is -0.118. The van der Waals surface area contributed by atoms with Gasteiger partial charge in [0.1, 0.15) is 5.02 Å². The van der Waals surface area contributed by atoms with Crippen LogP contribution >= 0.6 is 23.4 Å². The van der Waals surface area contributed by atoms with Crippen molar-refractivity contribution in [2.75, 3.05) is 13.1 Å². The molecule has 172 valence electrons. The zero-order chi connectivity index (χ0) is 24.4. The zero-order valence-corrected chi connectivity index (χ0v) is 18.8. The summed E-state index contributed by atoms with van der Waals surface area (Å²) in [4.78, 5) is 63.6. The molecule has 0 radical (unpaired) electrons. The van der Waals surface area contributed by atoms with E-state index in [2.05, 4.69) is 10.3 Å². The fourth-order valence-electron chi connectivity index (χ4n) is 3.37. The molecule has 1 aliphatic rings. The summed E-state index contributed by atoms with van der Waals surface area (Å²) in [5.41, 5.74) is 0.291. The van der Waals surface area contributed by atoms with Gasteiger partial charge in [-0.3, -0.25) is 34.2 Å². The molecule has 0 bridgehead atoms. The molecule has 0 atom stereocenters. The average molecular weight is 499 g/mol. The number of fused-ring (bicyclic) bond motifs is 1. The van der Waals surface area contributed by atoms with E-state index < -0.39 is 27.5 Å². The van der Waals surface area contributed by atoms with E-state index in [0.29, 0.717) is 28.2 Å². The fraction of sp³-hybridized carbons (Fsp3) is 0.0909. The maximum atomic E-state index is 12.7. The third-order valence-corrected chi connectivity index (χ3v) is 6.18. The van der Waals surface area contributed by atoms with Gasteiger partial charge in [0.2, 0.25) is 5.56 Å². The Hall–Kier alpha value is -3.96. The number of nitrogens with one attached hydrogen (secondary N) is 2. The van der Waals surface area contributed by atoms with Crippen LogP contribution in [-0.2, 0) is 4.79 Å². The SMILES string of the molecule is O=C(NCCN1C(=O)S/C(=C/c2ccc(Cl)c([N+](=O)[O-])c2)C1=O)c1cc(=O)[nH]c2ccccc12. The van der Waals surface area contributed by atoms with Crippen LogP contribution in [0.2, 0.25) is 5.02 Å². The van der Waals surface area contributed by atoms with Crippen LogP contribution in [-0.4, -0.2) is 45.0 Å². The highest BCUT2D eigenvalue weighted by Gasteiger charge is 2.34. The Morgan fingerprint density at radius 1 is 1.18 bits per heavy atom. The Balaban J connectivity index is 1.44. The van der Waals surface area contributed by atoms with Crippen LogP contribution in [0.15, 0.2) is 58.2 Å². The van der Waals surface area contributed by atoms with Crippen molar-refractivity contribution in [3.8, 4) is 0 Å². The molecule has 2 heterocycles. The average Bonchev–Trinajstić information content (AvgIpc) is 3.06. The highest BCUT2D eigenvalue weighted by atomic mass is 35.5. The molecule has 10 nitrogen and oxygen atoms in total. The van der Waals surface area contributed by atoms with Crippen molar-refractivity contribution in [1.29, 1.82) is 0 Å². The highest BCUT2D eigenvalue weighted by Crippen LogP contribution is 2.33. The molecule has 0 spiro atoms. The van der Waals surface area contributed by atoms with E-state index in [-0.39, 0.29) is 34.3 Å². The minimum atomic E-state index is -0.641. The standard InChI is InChI=1S/C22H15ClN4O6S/c23-15-6-5-12(9-17(15)27(32)33)10-18-21(30)26(22(31)34-18)8-7-24-20(29)14-11-19(28)25-16-4-2-1-3-13(14)16/h1-6,9-11H,7-8H2,(H,24,29)(H,25,28)/b18-10+. The normalized spacial score (nSPS) is 14.7. The number of benzene rings is 2. The van der Waals surface area contributed by atoms with Gasteiger partial charge in [-0.05, 0) is 35.5 Å². The van der Waals surface area contributed by atoms with E-state index in [1.807, 2.05) is 0 Å². The van der Waals surface area contributed by atoms with Crippen LogP contribution in [0.1, 0.15) is 15.9 Å². The second-order valence-electron chi connectivity index (χ2n) is 7.15. The van der Waals surface area contributed by atoms with E-state index in [1.165, 1.54) is 30.3 Å². The smallest absolute Gasteiger partial charge is 0.293 e. The molecule has 1 aromatic heterocycles. The van der Waals surface area contributed by atoms with Crippen molar-refractivity contribution in [2.24, 2.45) is 0 Å². The highest BCUT2D eigenvalue weighted by molar-refractivity contribution is 8.18. The van der Waals surface area contributed by atoms with E-state index >= 15 is 0 Å². The quantitative estimate of drug-likeness (QED) is 0.300. The van der Waals surface area contributed by atoms with Gasteiger partial charge in [-0.1, -0.05) is 35.9 Å². The maximum absolute atomic E-state index is 12.7. The van der Waals surface area contributed by atoms with Gasteiger partial charge in [-0.15, -0.1) is 0 Å². The van der Waals surface area contributed by atoms with Crippen molar-refractivity contribution in [1.82, 2.24) is 15.2 Å². The first-order chi connectivity index (χ1) is 16.2. The number of amides is 3. The summed E-state index contributed by atoms with van der Waals surface area (Å²) in [5, 5.41) is 13.7. The van der Waals surface area contributed by atoms with Gasteiger partial charge in [0.05, 0.1) is 15.4 Å². The summed E-state index contributed by atoms with van der Waals surface area (Å²) in [5.74, 6) is -1.10. The lowest BCUT2D eigenvalue weighted by atomic mass is 10.1. The Kier molecular flexibility index (Phi) is 6.48. The third kappa shape index (κ3) is 4.70. The Bertz CT molecular complexity index is 1450. The molecule has 34 heavy (non-hydrogen) atoms. The molecular formula is C22H15ClN4O6S. The molecule has 2 aromatic carbocycles. The number of para-hydroxylation sites is 1. The van der Waals surface area contributed by atoms with Gasteiger partial charge in [-0.25, -0.2) is 0 Å². The summed E-state index contributed by atoms with van der Waals surface area (Å²) in [6.07, 6.45) is 1.37. The number of nitro benzene ring substituents is 1. The molecule has 0 unspecified atom stereocenters. The van der Waals surface area contributed by atoms with Gasteiger partial charge < -0.3 is 10.3 Å². The van der Waals surface area contributed by atoms with Crippen molar-refractivity contribution in [3.05, 3.63) is 90.1 Å². The molecule has 4 rings (SSSR count). The number of nitro groups is 1. The van der Waals surface area contributed by atoms with Crippen LogP contribution < -0.4 is 10.9 Å². The number of carbonyl (C=O) groups excluding carboxylic acids is 3. The molecule has 2 N–H and O–H groups in total. The zero-order valence-electron chi connectivity index (χ0n) is 17.2. The van der Waals surface area contributed by atoms with Crippen LogP contribution in [0.25, 0.3) is 17.0 Å². The van der Waals surface area contributed by atoms with Crippen LogP contribution in [0.3, 0.4) is 0 Å². The number of halogens is 1. The summed E-state index contributed by atoms with van der Waals surface area (Å²) in [7, 11) is 0. The van der Waals surface area contributed by atoms with Crippen molar-refractivity contribution in [2.45, 2.75) is 0 Å². The topological polar surface area (TPSA) is 142 Å². The summed E-state index contributed by atoms with van der Waals surface area (Å²) in [6, 6.07) is 12.1. The van der Waals surface area contributed by atoms with E-state index in [9.17, 15) is 29.3 Å². The number of hydrogen-bond acceptors (Lipinski definition) is 7. The van der Waals surface area contributed by atoms with Crippen LogP contribution in [0, 0.1) is 10.1 Å². The Morgan fingerprint density at radius 3 is 2.71 bits per heavy atom. The van der Waals surface area contributed by atoms with Gasteiger partial charge in [0, 0.05) is 36.1 Å². The first-order valence-corrected chi connectivity index (χ1v) is 11.0. The molecule has 1 saturated heterocycles. The number of H-pyrrole nitrogens is 1. The fourth-order valence-corrected chi connectivity index (χ4v) is 4.42. The number of thioether (sulfide) groups is 1. The number of hydrogen-bond donors (Lipinski definition) is 2. The Labute approximate surface area is 200 Å². The second kappa shape index (κ2) is 9.49. The lowest BCUT2D eigenvalue weighted by Gasteiger charge is -2.13. The number of carbonyl (C=O) groups is 3. The van der Waals surface area contributed by atoms with E-state index in [0.717, 1.165) is 4.90 Å². The molecule has 3 amide bonds. The predicted octanol–water partition coefficient (Wildman–Crippen LogP) is 3.56. The first kappa shape index (κ1) is 23.2. The summed E-state index contributed by atoms with van der Waals surface area (Å²) < 4.78 is 0. The molecule has 0 saturated carbocycles. The van der Waals surface area contributed by atoms with Gasteiger partial charge in [0.25, 0.3) is 22.7 Å². The number of aromatic nitrogens is 1. The molecule has 3 aromatic rings. The minimum absolute atomic E-state index is 0.0301. The van der Waals surface area contributed by atoms with Crippen molar-refractivity contribution in [3.63, 3.8) is 0 Å². The first-order valence-electron chi connectivity index (χ1n) is 9.84. The number of rotatable bonds is 6. The molecule has 12 heteroatoms. The maximum Gasteiger partial charge on any atom is 0.293 e. The minimum Gasteiger partial charge on any atom is -0.350 e. The van der Waals surface area contributed by atoms with Gasteiger partial charge in [0.15, 0.2) is 0 Å². The monoisotopic (exact) mass is 498 g/mol. The number of aromatic amines is 1. The number of pyridine rings is 1. The van der Waals surface area contributed by atoms with Crippen molar-refractivity contribution < 1.29 is 19.3 Å². The second-order valence-corrected chi connectivity index (χ2v) is 8.55. The molecule has 0 aliphatic carbocycles. The Morgan fingerprint density at radius 2 is 1.94 bits per heavy atom. The number of nitrogens with zero attached hydrogens (tertiary/aromatic N) is 2. The van der Waals surface area contributed by atoms with Gasteiger partial charge in [-0.2, -0.15) is 0 Å².